The summed E-state index contributed by atoms with van der Waals surface area (Å²) in [6.07, 6.45) is 3.71. The molecule has 0 saturated heterocycles. The van der Waals surface area contributed by atoms with E-state index in [0.29, 0.717) is 17.1 Å². The lowest BCUT2D eigenvalue weighted by molar-refractivity contribution is 0.0662. The Kier molecular flexibility index (Phi) is 5.25. The van der Waals surface area contributed by atoms with Gasteiger partial charge in [-0.15, -0.1) is 0 Å². The van der Waals surface area contributed by atoms with Crippen LogP contribution >= 0.6 is 27.5 Å². The second-order valence-electron chi connectivity index (χ2n) is 4.95. The Morgan fingerprint density at radius 3 is 2.89 bits per heavy atom. The van der Waals surface area contributed by atoms with Crippen LogP contribution in [-0.4, -0.2) is 23.7 Å². The fourth-order valence-corrected chi connectivity index (χ4v) is 3.02. The maximum Gasteiger partial charge on any atom is 0.252 e. The highest BCUT2D eigenvalue weighted by Gasteiger charge is 2.23. The molecule has 1 amide bonds. The highest BCUT2D eigenvalue weighted by Crippen LogP contribution is 2.24. The number of nitrogens with one attached hydrogen (secondary N) is 1. The maximum atomic E-state index is 12.1. The van der Waals surface area contributed by atoms with E-state index >= 15 is 0 Å². The minimum Gasteiger partial charge on any atom is -0.393 e. The molecule has 0 bridgehead atoms. The van der Waals surface area contributed by atoms with Crippen molar-refractivity contribution < 1.29 is 9.90 Å². The van der Waals surface area contributed by atoms with E-state index in [9.17, 15) is 9.90 Å². The van der Waals surface area contributed by atoms with Crippen molar-refractivity contribution in [1.82, 2.24) is 5.32 Å². The first-order chi connectivity index (χ1) is 9.08. The molecule has 2 unspecified atom stereocenters. The van der Waals surface area contributed by atoms with Crippen molar-refractivity contribution in [1.29, 1.82) is 0 Å². The highest BCUT2D eigenvalue weighted by molar-refractivity contribution is 9.10. The van der Waals surface area contributed by atoms with Crippen LogP contribution in [0.3, 0.4) is 0 Å². The van der Waals surface area contributed by atoms with Gasteiger partial charge in [-0.1, -0.05) is 24.4 Å². The van der Waals surface area contributed by atoms with E-state index in [2.05, 4.69) is 21.2 Å². The predicted molar refractivity (Wildman–Crippen MR) is 79.5 cm³/mol. The average Bonchev–Trinajstić information content (AvgIpc) is 2.40. The molecule has 1 saturated carbocycles. The van der Waals surface area contributed by atoms with Crippen LogP contribution < -0.4 is 5.32 Å². The first-order valence-electron chi connectivity index (χ1n) is 6.49. The first-order valence-corrected chi connectivity index (χ1v) is 7.66. The zero-order valence-electron chi connectivity index (χ0n) is 10.5. The van der Waals surface area contributed by atoms with Gasteiger partial charge in [0.05, 0.1) is 11.7 Å². The Labute approximate surface area is 126 Å². The van der Waals surface area contributed by atoms with Gasteiger partial charge in [0.2, 0.25) is 0 Å². The van der Waals surface area contributed by atoms with Crippen molar-refractivity contribution in [3.63, 3.8) is 0 Å². The van der Waals surface area contributed by atoms with Crippen LogP contribution in [0.25, 0.3) is 0 Å². The Morgan fingerprint density at radius 2 is 2.16 bits per heavy atom. The molecule has 104 valence electrons. The molecule has 0 aliphatic heterocycles. The van der Waals surface area contributed by atoms with E-state index in [4.69, 9.17) is 11.6 Å². The molecule has 0 spiro atoms. The molecule has 2 atom stereocenters. The molecule has 1 aliphatic carbocycles. The van der Waals surface area contributed by atoms with Crippen molar-refractivity contribution in [2.24, 2.45) is 5.92 Å². The number of aliphatic hydroxyl groups excluding tert-OH is 1. The summed E-state index contributed by atoms with van der Waals surface area (Å²) < 4.78 is 0.721. The quantitative estimate of drug-likeness (QED) is 0.881. The van der Waals surface area contributed by atoms with E-state index in [-0.39, 0.29) is 17.9 Å². The van der Waals surface area contributed by atoms with Crippen LogP contribution in [0.1, 0.15) is 36.0 Å². The number of rotatable bonds is 3. The SMILES string of the molecule is O=C(NCC1CCCCC1O)c1cc(Cl)ccc1Br. The van der Waals surface area contributed by atoms with Gasteiger partial charge in [0.15, 0.2) is 0 Å². The fraction of sp³-hybridized carbons (Fsp3) is 0.500. The van der Waals surface area contributed by atoms with Crippen molar-refractivity contribution >= 4 is 33.4 Å². The van der Waals surface area contributed by atoms with E-state index < -0.39 is 0 Å². The lowest BCUT2D eigenvalue weighted by Crippen LogP contribution is -2.36. The molecule has 1 aliphatic rings. The third-order valence-electron chi connectivity index (χ3n) is 3.57. The number of carbonyl (C=O) groups excluding carboxylic acids is 1. The minimum atomic E-state index is -0.295. The molecule has 0 radical (unpaired) electrons. The van der Waals surface area contributed by atoms with Crippen LogP contribution in [0.5, 0.6) is 0 Å². The number of aliphatic hydroxyl groups is 1. The second kappa shape index (κ2) is 6.73. The molecular formula is C14H17BrClNO2. The van der Waals surface area contributed by atoms with Crippen LogP contribution in [0.4, 0.5) is 0 Å². The van der Waals surface area contributed by atoms with E-state index in [1.807, 2.05) is 0 Å². The van der Waals surface area contributed by atoms with Gasteiger partial charge in [0.1, 0.15) is 0 Å². The number of hydrogen-bond donors (Lipinski definition) is 2. The van der Waals surface area contributed by atoms with Crippen molar-refractivity contribution in [3.8, 4) is 0 Å². The molecule has 1 aromatic carbocycles. The van der Waals surface area contributed by atoms with Gasteiger partial charge >= 0.3 is 0 Å². The molecular weight excluding hydrogens is 330 g/mol. The van der Waals surface area contributed by atoms with Crippen molar-refractivity contribution in [2.45, 2.75) is 31.8 Å². The molecule has 0 heterocycles. The topological polar surface area (TPSA) is 49.3 Å². The summed E-state index contributed by atoms with van der Waals surface area (Å²) >= 11 is 9.23. The monoisotopic (exact) mass is 345 g/mol. The number of benzene rings is 1. The van der Waals surface area contributed by atoms with Gasteiger partial charge in [-0.25, -0.2) is 0 Å². The van der Waals surface area contributed by atoms with E-state index in [1.54, 1.807) is 18.2 Å². The van der Waals surface area contributed by atoms with Crippen molar-refractivity contribution in [3.05, 3.63) is 33.3 Å². The summed E-state index contributed by atoms with van der Waals surface area (Å²) in [5.74, 6) is 0.00260. The number of hydrogen-bond acceptors (Lipinski definition) is 2. The normalized spacial score (nSPS) is 23.1. The Morgan fingerprint density at radius 1 is 1.42 bits per heavy atom. The zero-order valence-corrected chi connectivity index (χ0v) is 12.9. The van der Waals surface area contributed by atoms with Crippen LogP contribution in [-0.2, 0) is 0 Å². The highest BCUT2D eigenvalue weighted by atomic mass is 79.9. The van der Waals surface area contributed by atoms with E-state index in [1.165, 1.54) is 0 Å². The summed E-state index contributed by atoms with van der Waals surface area (Å²) in [5, 5.41) is 13.3. The van der Waals surface area contributed by atoms with Crippen LogP contribution in [0, 0.1) is 5.92 Å². The van der Waals surface area contributed by atoms with Gasteiger partial charge < -0.3 is 10.4 Å². The number of carbonyl (C=O) groups is 1. The fourth-order valence-electron chi connectivity index (χ4n) is 2.42. The maximum absolute atomic E-state index is 12.1. The predicted octanol–water partition coefficient (Wildman–Crippen LogP) is 3.38. The van der Waals surface area contributed by atoms with Gasteiger partial charge in [-0.3, -0.25) is 4.79 Å². The third kappa shape index (κ3) is 3.94. The molecule has 2 N–H and O–H groups in total. The smallest absolute Gasteiger partial charge is 0.252 e. The lowest BCUT2D eigenvalue weighted by atomic mass is 9.86. The number of amides is 1. The average molecular weight is 347 g/mol. The summed E-state index contributed by atoms with van der Waals surface area (Å²) in [4.78, 5) is 12.1. The van der Waals surface area contributed by atoms with E-state index in [0.717, 1.165) is 30.2 Å². The Hall–Kier alpha value is -0.580. The molecule has 3 nitrogen and oxygen atoms in total. The Bertz CT molecular complexity index is 467. The van der Waals surface area contributed by atoms with Crippen LogP contribution in [0.2, 0.25) is 5.02 Å². The summed E-state index contributed by atoms with van der Waals surface area (Å²) in [6, 6.07) is 5.12. The molecule has 0 aromatic heterocycles. The third-order valence-corrected chi connectivity index (χ3v) is 4.49. The van der Waals surface area contributed by atoms with Gasteiger partial charge in [0, 0.05) is 22.0 Å². The standard InChI is InChI=1S/C14H17BrClNO2/c15-12-6-5-10(16)7-11(12)14(19)17-8-9-3-1-2-4-13(9)18/h5-7,9,13,18H,1-4,8H2,(H,17,19). The number of halogens is 2. The largest absolute Gasteiger partial charge is 0.393 e. The summed E-state index contributed by atoms with van der Waals surface area (Å²) in [6.45, 7) is 0.513. The van der Waals surface area contributed by atoms with Crippen LogP contribution in [0.15, 0.2) is 22.7 Å². The van der Waals surface area contributed by atoms with Gasteiger partial charge in [-0.05, 0) is 47.0 Å². The molecule has 19 heavy (non-hydrogen) atoms. The lowest BCUT2D eigenvalue weighted by Gasteiger charge is -2.27. The molecule has 5 heteroatoms. The first kappa shape index (κ1) is 14.8. The summed E-state index contributed by atoms with van der Waals surface area (Å²) in [5.41, 5.74) is 0.526. The van der Waals surface area contributed by atoms with Gasteiger partial charge in [-0.2, -0.15) is 0 Å². The molecule has 1 aromatic rings. The zero-order chi connectivity index (χ0) is 13.8. The molecule has 1 fully saturated rings. The Balaban J connectivity index is 1.95. The molecule has 2 rings (SSSR count). The second-order valence-corrected chi connectivity index (χ2v) is 6.24. The summed E-state index contributed by atoms with van der Waals surface area (Å²) in [7, 11) is 0. The van der Waals surface area contributed by atoms with Crippen molar-refractivity contribution in [2.75, 3.05) is 6.54 Å². The van der Waals surface area contributed by atoms with Gasteiger partial charge in [0.25, 0.3) is 5.91 Å². The minimum absolute atomic E-state index is 0.160.